The van der Waals surface area contributed by atoms with Gasteiger partial charge in [-0.2, -0.15) is 0 Å². The summed E-state index contributed by atoms with van der Waals surface area (Å²) in [7, 11) is 0. The number of benzene rings is 8. The summed E-state index contributed by atoms with van der Waals surface area (Å²) in [5, 5.41) is 0. The number of allylic oxidation sites excluding steroid dienone is 7. The largest absolute Gasteiger partial charge is 0.364 e. The third-order valence-corrected chi connectivity index (χ3v) is 14.0. The molecule has 0 spiro atoms. The average Bonchev–Trinajstić information content (AvgIpc) is 3.50. The SMILES string of the molecule is CCN1c2cccc(-c3cccc(-c4cccc(N(C5=C[C@@H](C)C=C(c6ccc(-c7ccccc7)cc6)C=C5)c5ccc(-c6ccc(-c7ccccc7)cc6)cc5)c4)c3)c2C2(C)C=CC=CC12. The van der Waals surface area contributed by atoms with Gasteiger partial charge < -0.3 is 9.80 Å². The number of hydrogen-bond donors (Lipinski definition) is 0. The lowest BCUT2D eigenvalue weighted by Gasteiger charge is -2.34. The van der Waals surface area contributed by atoms with Crippen molar-refractivity contribution in [3.8, 4) is 55.6 Å². The van der Waals surface area contributed by atoms with Crippen LogP contribution in [0.15, 0.2) is 254 Å². The number of nitrogens with zero attached hydrogens (tertiary/aromatic N) is 2. The maximum Gasteiger partial charge on any atom is 0.0606 e. The third kappa shape index (κ3) is 8.00. The van der Waals surface area contributed by atoms with Crippen molar-refractivity contribution in [2.45, 2.75) is 32.2 Å². The molecule has 8 aromatic rings. The summed E-state index contributed by atoms with van der Waals surface area (Å²) < 4.78 is 0. The second kappa shape index (κ2) is 17.8. The second-order valence-corrected chi connectivity index (χ2v) is 18.3. The van der Waals surface area contributed by atoms with Crippen LogP contribution in [0.3, 0.4) is 0 Å². The first-order chi connectivity index (χ1) is 32.9. The smallest absolute Gasteiger partial charge is 0.0606 e. The van der Waals surface area contributed by atoms with Crippen molar-refractivity contribution < 1.29 is 0 Å². The zero-order valence-corrected chi connectivity index (χ0v) is 38.4. The number of likely N-dealkylation sites (N-methyl/N-ethyl adjacent to an activating group) is 1. The highest BCUT2D eigenvalue weighted by atomic mass is 15.2. The van der Waals surface area contributed by atoms with Crippen molar-refractivity contribution in [1.29, 1.82) is 0 Å². The molecule has 0 fully saturated rings. The monoisotopic (exact) mass is 862 g/mol. The summed E-state index contributed by atoms with van der Waals surface area (Å²) in [6.07, 6.45) is 18.6. The van der Waals surface area contributed by atoms with E-state index in [-0.39, 0.29) is 11.3 Å². The minimum Gasteiger partial charge on any atom is -0.364 e. The molecule has 67 heavy (non-hydrogen) atoms. The number of anilines is 3. The first-order valence-electron chi connectivity index (χ1n) is 23.7. The molecule has 0 saturated heterocycles. The van der Waals surface area contributed by atoms with Gasteiger partial charge in [-0.25, -0.2) is 0 Å². The van der Waals surface area contributed by atoms with Crippen LogP contribution in [0.25, 0.3) is 61.2 Å². The van der Waals surface area contributed by atoms with Crippen molar-refractivity contribution in [3.63, 3.8) is 0 Å². The van der Waals surface area contributed by atoms with E-state index in [2.05, 4.69) is 279 Å². The van der Waals surface area contributed by atoms with E-state index in [1.54, 1.807) is 0 Å². The Morgan fingerprint density at radius 1 is 0.478 bits per heavy atom. The molecule has 0 amide bonds. The topological polar surface area (TPSA) is 6.48 Å². The van der Waals surface area contributed by atoms with Gasteiger partial charge in [-0.05, 0) is 135 Å². The predicted molar refractivity (Wildman–Crippen MR) is 285 cm³/mol. The van der Waals surface area contributed by atoms with Gasteiger partial charge in [0.1, 0.15) is 0 Å². The highest BCUT2D eigenvalue weighted by Gasteiger charge is 2.46. The van der Waals surface area contributed by atoms with Crippen molar-refractivity contribution >= 4 is 22.6 Å². The number of rotatable bonds is 10. The van der Waals surface area contributed by atoms with Crippen LogP contribution in [0, 0.1) is 5.92 Å². The summed E-state index contributed by atoms with van der Waals surface area (Å²) in [5.41, 5.74) is 20.6. The summed E-state index contributed by atoms with van der Waals surface area (Å²) in [6.45, 7) is 7.93. The van der Waals surface area contributed by atoms with Gasteiger partial charge in [0.25, 0.3) is 0 Å². The molecule has 2 unspecified atom stereocenters. The van der Waals surface area contributed by atoms with E-state index < -0.39 is 0 Å². The molecule has 0 N–H and O–H groups in total. The molecule has 11 rings (SSSR count). The number of fused-ring (bicyclic) bond motifs is 3. The first-order valence-corrected chi connectivity index (χ1v) is 23.7. The van der Waals surface area contributed by atoms with Crippen molar-refractivity contribution in [2.75, 3.05) is 16.3 Å². The first kappa shape index (κ1) is 41.7. The molecule has 1 aliphatic heterocycles. The normalized spacial score (nSPS) is 18.2. The fraction of sp³-hybridized carbons (Fsp3) is 0.108. The molecule has 0 aromatic heterocycles. The molecule has 8 aromatic carbocycles. The second-order valence-electron chi connectivity index (χ2n) is 18.3. The minimum atomic E-state index is -0.105. The van der Waals surface area contributed by atoms with Gasteiger partial charge in [-0.1, -0.05) is 213 Å². The third-order valence-electron chi connectivity index (χ3n) is 14.0. The Morgan fingerprint density at radius 2 is 1.01 bits per heavy atom. The van der Waals surface area contributed by atoms with Crippen LogP contribution >= 0.6 is 0 Å². The van der Waals surface area contributed by atoms with Gasteiger partial charge in [0.05, 0.1) is 6.04 Å². The Hall–Kier alpha value is -7.94. The van der Waals surface area contributed by atoms with Crippen LogP contribution in [0.4, 0.5) is 17.1 Å². The lowest BCUT2D eigenvalue weighted by atomic mass is 9.73. The van der Waals surface area contributed by atoms with E-state index in [9.17, 15) is 0 Å². The fourth-order valence-electron chi connectivity index (χ4n) is 10.6. The van der Waals surface area contributed by atoms with E-state index in [1.165, 1.54) is 78.0 Å². The average molecular weight is 863 g/mol. The van der Waals surface area contributed by atoms with Crippen LogP contribution in [-0.4, -0.2) is 12.6 Å². The molecule has 1 heterocycles. The molecule has 0 radical (unpaired) electrons. The van der Waals surface area contributed by atoms with Crippen molar-refractivity contribution in [1.82, 2.24) is 0 Å². The summed E-state index contributed by atoms with van der Waals surface area (Å²) in [6, 6.07) is 73.5. The highest BCUT2D eigenvalue weighted by Crippen LogP contribution is 2.52. The van der Waals surface area contributed by atoms with E-state index >= 15 is 0 Å². The summed E-state index contributed by atoms with van der Waals surface area (Å²) in [5.74, 6) is 0.186. The predicted octanol–water partition coefficient (Wildman–Crippen LogP) is 16.9. The molecule has 2 aliphatic carbocycles. The quantitative estimate of drug-likeness (QED) is 0.135. The summed E-state index contributed by atoms with van der Waals surface area (Å²) >= 11 is 0. The van der Waals surface area contributed by atoms with Crippen molar-refractivity contribution in [3.05, 3.63) is 266 Å². The maximum atomic E-state index is 2.56. The van der Waals surface area contributed by atoms with E-state index in [0.717, 1.165) is 23.6 Å². The van der Waals surface area contributed by atoms with Gasteiger partial charge in [0.2, 0.25) is 0 Å². The molecule has 0 bridgehead atoms. The Balaban J connectivity index is 0.955. The molecule has 324 valence electrons. The fourth-order valence-corrected chi connectivity index (χ4v) is 10.6. The molecular formula is C65H54N2. The van der Waals surface area contributed by atoms with Crippen LogP contribution in [-0.2, 0) is 5.41 Å². The Morgan fingerprint density at radius 3 is 1.66 bits per heavy atom. The minimum absolute atomic E-state index is 0.105. The molecule has 2 heteroatoms. The summed E-state index contributed by atoms with van der Waals surface area (Å²) in [4.78, 5) is 4.98. The van der Waals surface area contributed by atoms with E-state index in [1.807, 2.05) is 0 Å². The van der Waals surface area contributed by atoms with Gasteiger partial charge in [0, 0.05) is 34.7 Å². The van der Waals surface area contributed by atoms with Crippen LogP contribution in [0.1, 0.15) is 31.9 Å². The van der Waals surface area contributed by atoms with E-state index in [0.29, 0.717) is 6.04 Å². The van der Waals surface area contributed by atoms with Gasteiger partial charge in [-0.15, -0.1) is 0 Å². The molecule has 3 atom stereocenters. The zero-order valence-electron chi connectivity index (χ0n) is 38.4. The lowest BCUT2D eigenvalue weighted by molar-refractivity contribution is 0.529. The molecule has 2 nitrogen and oxygen atoms in total. The standard InChI is InChI=1S/C65H54N2/c1-4-66-62-25-15-24-61(64(62)65(3)41-12-11-26-63(65)66)57-22-13-20-54(44-57)55-21-14-23-59(45-55)67(58-38-35-52(36-39-58)51-29-27-49(28-30-51)47-16-7-5-8-17-47)60-40-37-56(42-46(2)43-60)53-33-31-50(32-34-53)48-18-9-6-10-19-48/h5-46,63H,4H2,1-3H3/t46-,63?,65?/m0/s1. The van der Waals surface area contributed by atoms with Crippen LogP contribution in [0.5, 0.6) is 0 Å². The van der Waals surface area contributed by atoms with E-state index in [4.69, 9.17) is 0 Å². The van der Waals surface area contributed by atoms with Gasteiger partial charge in [-0.3, -0.25) is 0 Å². The molecule has 0 saturated carbocycles. The molecule has 3 aliphatic rings. The van der Waals surface area contributed by atoms with Gasteiger partial charge >= 0.3 is 0 Å². The number of hydrogen-bond acceptors (Lipinski definition) is 2. The van der Waals surface area contributed by atoms with Crippen molar-refractivity contribution in [2.24, 2.45) is 5.92 Å². The highest BCUT2D eigenvalue weighted by molar-refractivity contribution is 5.86. The zero-order chi connectivity index (χ0) is 45.3. The van der Waals surface area contributed by atoms with Crippen LogP contribution in [0.2, 0.25) is 0 Å². The maximum absolute atomic E-state index is 2.56. The van der Waals surface area contributed by atoms with Gasteiger partial charge in [0.15, 0.2) is 0 Å². The van der Waals surface area contributed by atoms with Crippen LogP contribution < -0.4 is 9.80 Å². The lowest BCUT2D eigenvalue weighted by Crippen LogP contribution is -2.41. The Kier molecular flexibility index (Phi) is 11.1. The Labute approximate surface area is 396 Å². The Bertz CT molecular complexity index is 3220. The molecular weight excluding hydrogens is 809 g/mol.